The van der Waals surface area contributed by atoms with Crippen molar-refractivity contribution in [1.29, 1.82) is 5.41 Å². The van der Waals surface area contributed by atoms with Crippen LogP contribution < -0.4 is 10.6 Å². The first-order valence-corrected chi connectivity index (χ1v) is 6.83. The molecule has 1 aliphatic rings. The zero-order valence-corrected chi connectivity index (χ0v) is 11.6. The summed E-state index contributed by atoms with van der Waals surface area (Å²) >= 11 is 4.38. The maximum absolute atomic E-state index is 11.7. The Kier molecular flexibility index (Phi) is 4.03. The molecular formula is C11H10BrN3O2S. The SMILES string of the molecule is N=C1NC(=O)C(CC(=O)Nc2cccc(Br)c2)S1. The average Bonchev–Trinajstić information content (AvgIpc) is 2.57. The summed E-state index contributed by atoms with van der Waals surface area (Å²) in [5.74, 6) is -0.523. The minimum Gasteiger partial charge on any atom is -0.326 e. The molecule has 0 bridgehead atoms. The lowest BCUT2D eigenvalue weighted by atomic mass is 10.2. The number of halogens is 1. The second kappa shape index (κ2) is 5.53. The van der Waals surface area contributed by atoms with Crippen LogP contribution in [-0.2, 0) is 9.59 Å². The highest BCUT2D eigenvalue weighted by molar-refractivity contribution is 9.10. The van der Waals surface area contributed by atoms with E-state index in [1.807, 2.05) is 12.1 Å². The highest BCUT2D eigenvalue weighted by Crippen LogP contribution is 2.22. The Balaban J connectivity index is 1.93. The average molecular weight is 328 g/mol. The van der Waals surface area contributed by atoms with Gasteiger partial charge in [-0.3, -0.25) is 15.0 Å². The van der Waals surface area contributed by atoms with Gasteiger partial charge in [0.25, 0.3) is 0 Å². The molecule has 0 radical (unpaired) electrons. The molecule has 5 nitrogen and oxygen atoms in total. The Bertz CT molecular complexity index is 521. The smallest absolute Gasteiger partial charge is 0.240 e. The molecule has 18 heavy (non-hydrogen) atoms. The van der Waals surface area contributed by atoms with Crippen molar-refractivity contribution in [2.24, 2.45) is 0 Å². The van der Waals surface area contributed by atoms with Gasteiger partial charge in [0.2, 0.25) is 11.8 Å². The molecule has 2 rings (SSSR count). The van der Waals surface area contributed by atoms with Gasteiger partial charge in [-0.05, 0) is 18.2 Å². The summed E-state index contributed by atoms with van der Waals surface area (Å²) in [6.07, 6.45) is 0.0609. The molecule has 1 fully saturated rings. The molecule has 3 N–H and O–H groups in total. The molecule has 1 unspecified atom stereocenters. The lowest BCUT2D eigenvalue weighted by molar-refractivity contribution is -0.122. The molecule has 1 atom stereocenters. The molecule has 1 heterocycles. The molecule has 2 amide bonds. The van der Waals surface area contributed by atoms with Gasteiger partial charge < -0.3 is 10.6 Å². The van der Waals surface area contributed by atoms with E-state index in [0.717, 1.165) is 16.2 Å². The second-order valence-electron chi connectivity index (χ2n) is 3.69. The van der Waals surface area contributed by atoms with Gasteiger partial charge in [-0.2, -0.15) is 0 Å². The molecule has 1 aliphatic heterocycles. The van der Waals surface area contributed by atoms with E-state index in [9.17, 15) is 9.59 Å². The third-order valence-electron chi connectivity index (χ3n) is 2.27. The Labute approximate surface area is 116 Å². The number of carbonyl (C=O) groups excluding carboxylic acids is 2. The Morgan fingerprint density at radius 3 is 2.94 bits per heavy atom. The summed E-state index contributed by atoms with van der Waals surface area (Å²) in [6.45, 7) is 0. The lowest BCUT2D eigenvalue weighted by Crippen LogP contribution is -2.27. The van der Waals surface area contributed by atoms with E-state index in [4.69, 9.17) is 5.41 Å². The second-order valence-corrected chi connectivity index (χ2v) is 5.82. The number of benzene rings is 1. The highest BCUT2D eigenvalue weighted by Gasteiger charge is 2.31. The first-order chi connectivity index (χ1) is 8.54. The van der Waals surface area contributed by atoms with Crippen LogP contribution in [0.15, 0.2) is 28.7 Å². The molecule has 1 aromatic carbocycles. The van der Waals surface area contributed by atoms with E-state index in [1.165, 1.54) is 0 Å². The number of amidine groups is 1. The summed E-state index contributed by atoms with van der Waals surface area (Å²) < 4.78 is 0.870. The van der Waals surface area contributed by atoms with Crippen molar-refractivity contribution in [3.05, 3.63) is 28.7 Å². The van der Waals surface area contributed by atoms with Crippen LogP contribution in [0.3, 0.4) is 0 Å². The number of carbonyl (C=O) groups is 2. The normalized spacial score (nSPS) is 18.6. The zero-order chi connectivity index (χ0) is 13.1. The van der Waals surface area contributed by atoms with Crippen molar-refractivity contribution in [1.82, 2.24) is 5.32 Å². The number of hydrogen-bond acceptors (Lipinski definition) is 4. The fourth-order valence-electron chi connectivity index (χ4n) is 1.50. The number of nitrogens with one attached hydrogen (secondary N) is 3. The van der Waals surface area contributed by atoms with Gasteiger partial charge in [-0.15, -0.1) is 0 Å². The van der Waals surface area contributed by atoms with E-state index in [0.29, 0.717) is 5.69 Å². The minimum atomic E-state index is -0.510. The first-order valence-electron chi connectivity index (χ1n) is 5.16. The Morgan fingerprint density at radius 2 is 2.33 bits per heavy atom. The molecule has 0 aliphatic carbocycles. The predicted molar refractivity (Wildman–Crippen MR) is 74.6 cm³/mol. The van der Waals surface area contributed by atoms with E-state index in [2.05, 4.69) is 26.6 Å². The zero-order valence-electron chi connectivity index (χ0n) is 9.20. The van der Waals surface area contributed by atoms with E-state index >= 15 is 0 Å². The van der Waals surface area contributed by atoms with Crippen molar-refractivity contribution in [2.45, 2.75) is 11.7 Å². The summed E-state index contributed by atoms with van der Waals surface area (Å²) in [5, 5.41) is 12.0. The number of amides is 2. The topological polar surface area (TPSA) is 82.1 Å². The van der Waals surface area contributed by atoms with E-state index < -0.39 is 5.25 Å². The maximum Gasteiger partial charge on any atom is 0.240 e. The van der Waals surface area contributed by atoms with Gasteiger partial charge >= 0.3 is 0 Å². The van der Waals surface area contributed by atoms with Gasteiger partial charge in [0.05, 0.1) is 0 Å². The molecule has 0 aromatic heterocycles. The minimum absolute atomic E-state index is 0.0609. The van der Waals surface area contributed by atoms with Crippen LogP contribution in [0, 0.1) is 5.41 Å². The maximum atomic E-state index is 11.7. The third-order valence-corrected chi connectivity index (χ3v) is 3.76. The number of thioether (sulfide) groups is 1. The van der Waals surface area contributed by atoms with Crippen molar-refractivity contribution in [2.75, 3.05) is 5.32 Å². The monoisotopic (exact) mass is 327 g/mol. The summed E-state index contributed by atoms with van der Waals surface area (Å²) in [4.78, 5) is 23.1. The third kappa shape index (κ3) is 3.33. The van der Waals surface area contributed by atoms with Crippen molar-refractivity contribution in [3.8, 4) is 0 Å². The predicted octanol–water partition coefficient (Wildman–Crippen LogP) is 1.94. The summed E-state index contributed by atoms with van der Waals surface area (Å²) in [5.41, 5.74) is 0.674. The van der Waals surface area contributed by atoms with Gasteiger partial charge in [0.1, 0.15) is 5.25 Å². The fraction of sp³-hybridized carbons (Fsp3) is 0.182. The molecular weight excluding hydrogens is 318 g/mol. The lowest BCUT2D eigenvalue weighted by Gasteiger charge is -2.07. The van der Waals surface area contributed by atoms with Crippen LogP contribution in [0.4, 0.5) is 5.69 Å². The number of hydrogen-bond donors (Lipinski definition) is 3. The molecule has 1 aromatic rings. The quantitative estimate of drug-likeness (QED) is 0.793. The van der Waals surface area contributed by atoms with Crippen LogP contribution in [0.25, 0.3) is 0 Å². The number of anilines is 1. The van der Waals surface area contributed by atoms with Crippen LogP contribution in [0.1, 0.15) is 6.42 Å². The molecule has 0 saturated carbocycles. The van der Waals surface area contributed by atoms with Crippen molar-refractivity contribution < 1.29 is 9.59 Å². The highest BCUT2D eigenvalue weighted by atomic mass is 79.9. The van der Waals surface area contributed by atoms with Crippen LogP contribution in [-0.4, -0.2) is 22.2 Å². The molecule has 0 spiro atoms. The van der Waals surface area contributed by atoms with Crippen LogP contribution in [0.2, 0.25) is 0 Å². The van der Waals surface area contributed by atoms with Crippen molar-refractivity contribution >= 4 is 50.4 Å². The van der Waals surface area contributed by atoms with Gasteiger partial charge in [-0.1, -0.05) is 33.8 Å². The van der Waals surface area contributed by atoms with Crippen LogP contribution in [0.5, 0.6) is 0 Å². The fourth-order valence-corrected chi connectivity index (χ4v) is 2.74. The van der Waals surface area contributed by atoms with Gasteiger partial charge in [0, 0.05) is 16.6 Å². The van der Waals surface area contributed by atoms with Gasteiger partial charge in [0.15, 0.2) is 5.17 Å². The van der Waals surface area contributed by atoms with Crippen molar-refractivity contribution in [3.63, 3.8) is 0 Å². The number of rotatable bonds is 3. The Morgan fingerprint density at radius 1 is 1.56 bits per heavy atom. The van der Waals surface area contributed by atoms with E-state index in [-0.39, 0.29) is 23.4 Å². The van der Waals surface area contributed by atoms with E-state index in [1.54, 1.807) is 12.1 Å². The van der Waals surface area contributed by atoms with Gasteiger partial charge in [-0.25, -0.2) is 0 Å². The molecule has 94 valence electrons. The standard InChI is InChI=1S/C11H10BrN3O2S/c12-6-2-1-3-7(4-6)14-9(16)5-8-10(17)15-11(13)18-8/h1-4,8H,5H2,(H,14,16)(H2,13,15,17). The molecule has 7 heteroatoms. The van der Waals surface area contributed by atoms with Crippen LogP contribution >= 0.6 is 27.7 Å². The summed E-state index contributed by atoms with van der Waals surface area (Å²) in [6, 6.07) is 7.22. The summed E-state index contributed by atoms with van der Waals surface area (Å²) in [7, 11) is 0. The molecule has 1 saturated heterocycles. The first kappa shape index (κ1) is 13.1. The Hall–Kier alpha value is -1.34. The largest absolute Gasteiger partial charge is 0.326 e.